The molecule has 5 nitrogen and oxygen atoms in total. The molecule has 1 heterocycles. The SMILES string of the molecule is CC1C[C@@](C)(O)ON1C(=O)OCc1ccccc1. The quantitative estimate of drug-likeness (QED) is 0.874. The van der Waals surface area contributed by atoms with Gasteiger partial charge >= 0.3 is 6.09 Å². The molecule has 0 radical (unpaired) electrons. The smallest absolute Gasteiger partial charge is 0.434 e. The Bertz CT molecular complexity index is 418. The lowest BCUT2D eigenvalue weighted by Gasteiger charge is -2.20. The van der Waals surface area contributed by atoms with Crippen LogP contribution in [0.3, 0.4) is 0 Å². The molecule has 98 valence electrons. The first-order valence-corrected chi connectivity index (χ1v) is 5.89. The number of aliphatic hydroxyl groups is 1. The number of carbonyl (C=O) groups excluding carboxylic acids is 1. The molecule has 1 aromatic carbocycles. The molecule has 0 aliphatic carbocycles. The van der Waals surface area contributed by atoms with Gasteiger partial charge in [0.15, 0.2) is 5.79 Å². The highest BCUT2D eigenvalue weighted by Crippen LogP contribution is 2.28. The van der Waals surface area contributed by atoms with Crippen molar-refractivity contribution in [2.45, 2.75) is 38.7 Å². The predicted octanol–water partition coefficient (Wildman–Crippen LogP) is 2.06. The van der Waals surface area contributed by atoms with Crippen molar-refractivity contribution in [3.63, 3.8) is 0 Å². The number of hydroxylamine groups is 2. The number of amides is 1. The molecule has 1 aliphatic rings. The first-order chi connectivity index (χ1) is 8.48. The maximum atomic E-state index is 11.8. The predicted molar refractivity (Wildman–Crippen MR) is 64.3 cm³/mol. The van der Waals surface area contributed by atoms with Crippen molar-refractivity contribution in [2.24, 2.45) is 0 Å². The van der Waals surface area contributed by atoms with Crippen LogP contribution in [0.1, 0.15) is 25.8 Å². The lowest BCUT2D eigenvalue weighted by atomic mass is 10.1. The van der Waals surface area contributed by atoms with Gasteiger partial charge in [0.1, 0.15) is 6.61 Å². The van der Waals surface area contributed by atoms with Crippen LogP contribution in [0, 0.1) is 0 Å². The summed E-state index contributed by atoms with van der Waals surface area (Å²) >= 11 is 0. The largest absolute Gasteiger partial charge is 0.443 e. The Labute approximate surface area is 106 Å². The summed E-state index contributed by atoms with van der Waals surface area (Å²) in [5.74, 6) is -1.30. The van der Waals surface area contributed by atoms with Gasteiger partial charge in [0.25, 0.3) is 0 Å². The Morgan fingerprint density at radius 1 is 1.56 bits per heavy atom. The summed E-state index contributed by atoms with van der Waals surface area (Å²) in [5, 5.41) is 10.8. The molecule has 2 rings (SSSR count). The Morgan fingerprint density at radius 2 is 2.22 bits per heavy atom. The molecule has 0 bridgehead atoms. The van der Waals surface area contributed by atoms with Crippen LogP contribution in [0.15, 0.2) is 30.3 Å². The molecule has 1 fully saturated rings. The van der Waals surface area contributed by atoms with Crippen molar-refractivity contribution in [1.82, 2.24) is 5.06 Å². The third kappa shape index (κ3) is 3.00. The van der Waals surface area contributed by atoms with E-state index in [0.29, 0.717) is 6.42 Å². The molecule has 18 heavy (non-hydrogen) atoms. The number of nitrogens with zero attached hydrogens (tertiary/aromatic N) is 1. The number of hydrogen-bond acceptors (Lipinski definition) is 4. The fourth-order valence-electron chi connectivity index (χ4n) is 1.97. The summed E-state index contributed by atoms with van der Waals surface area (Å²) in [6.07, 6.45) is -0.211. The van der Waals surface area contributed by atoms with Crippen LogP contribution in [0.5, 0.6) is 0 Å². The van der Waals surface area contributed by atoms with Crippen LogP contribution >= 0.6 is 0 Å². The highest BCUT2D eigenvalue weighted by Gasteiger charge is 2.42. The summed E-state index contributed by atoms with van der Waals surface area (Å²) in [6.45, 7) is 3.51. The van der Waals surface area contributed by atoms with Gasteiger partial charge < -0.3 is 9.84 Å². The molecule has 2 atom stereocenters. The van der Waals surface area contributed by atoms with Crippen LogP contribution < -0.4 is 0 Å². The molecule has 1 unspecified atom stereocenters. The van der Waals surface area contributed by atoms with Gasteiger partial charge in [-0.1, -0.05) is 30.3 Å². The van der Waals surface area contributed by atoms with E-state index in [2.05, 4.69) is 0 Å². The Balaban J connectivity index is 1.89. The van der Waals surface area contributed by atoms with Crippen LogP contribution in [-0.4, -0.2) is 28.1 Å². The summed E-state index contributed by atoms with van der Waals surface area (Å²) < 4.78 is 5.13. The van der Waals surface area contributed by atoms with Crippen LogP contribution in [-0.2, 0) is 16.2 Å². The first kappa shape index (κ1) is 12.9. The van der Waals surface area contributed by atoms with E-state index in [-0.39, 0.29) is 12.6 Å². The Kier molecular flexibility index (Phi) is 3.54. The third-order valence-corrected chi connectivity index (χ3v) is 2.75. The molecule has 1 saturated heterocycles. The van der Waals surface area contributed by atoms with Gasteiger partial charge in [-0.15, -0.1) is 0 Å². The number of benzene rings is 1. The van der Waals surface area contributed by atoms with Crippen molar-refractivity contribution >= 4 is 6.09 Å². The molecule has 0 aromatic heterocycles. The van der Waals surface area contributed by atoms with Gasteiger partial charge in [0.05, 0.1) is 6.04 Å². The van der Waals surface area contributed by atoms with Crippen molar-refractivity contribution in [1.29, 1.82) is 0 Å². The van der Waals surface area contributed by atoms with Crippen LogP contribution in [0.4, 0.5) is 4.79 Å². The minimum atomic E-state index is -1.30. The van der Waals surface area contributed by atoms with Crippen molar-refractivity contribution in [3.05, 3.63) is 35.9 Å². The highest BCUT2D eigenvalue weighted by atomic mass is 16.8. The van der Waals surface area contributed by atoms with Crippen LogP contribution in [0.25, 0.3) is 0 Å². The molecule has 1 amide bonds. The van der Waals surface area contributed by atoms with E-state index < -0.39 is 11.9 Å². The third-order valence-electron chi connectivity index (χ3n) is 2.75. The van der Waals surface area contributed by atoms with Gasteiger partial charge in [-0.05, 0) is 19.4 Å². The minimum Gasteiger partial charge on any atom is -0.443 e. The average molecular weight is 251 g/mol. The zero-order chi connectivity index (χ0) is 13.2. The maximum Gasteiger partial charge on any atom is 0.434 e. The number of carbonyl (C=O) groups is 1. The summed E-state index contributed by atoms with van der Waals surface area (Å²) in [5.41, 5.74) is 0.907. The van der Waals surface area contributed by atoms with Gasteiger partial charge in [-0.2, -0.15) is 5.06 Å². The molecule has 5 heteroatoms. The maximum absolute atomic E-state index is 11.8. The molecule has 1 N–H and O–H groups in total. The van der Waals surface area contributed by atoms with Gasteiger partial charge in [-0.3, -0.25) is 0 Å². The molecule has 0 spiro atoms. The van der Waals surface area contributed by atoms with Gasteiger partial charge in [0, 0.05) is 6.42 Å². The monoisotopic (exact) mass is 251 g/mol. The molecule has 0 saturated carbocycles. The summed E-state index contributed by atoms with van der Waals surface area (Å²) in [4.78, 5) is 16.9. The molecule has 1 aliphatic heterocycles. The number of hydrogen-bond donors (Lipinski definition) is 1. The standard InChI is InChI=1S/C13H17NO4/c1-10-8-13(2,16)18-14(10)12(15)17-9-11-6-4-3-5-7-11/h3-7,10,16H,8-9H2,1-2H3/t10?,13-/m0/s1. The number of ether oxygens (including phenoxy) is 1. The van der Waals surface area contributed by atoms with E-state index in [1.807, 2.05) is 30.3 Å². The average Bonchev–Trinajstić information content (AvgIpc) is 2.61. The van der Waals surface area contributed by atoms with E-state index in [1.165, 1.54) is 6.92 Å². The van der Waals surface area contributed by atoms with Crippen molar-refractivity contribution in [3.8, 4) is 0 Å². The van der Waals surface area contributed by atoms with E-state index in [1.54, 1.807) is 6.92 Å². The van der Waals surface area contributed by atoms with Gasteiger partial charge in [0.2, 0.25) is 0 Å². The van der Waals surface area contributed by atoms with Gasteiger partial charge in [-0.25, -0.2) is 9.63 Å². The zero-order valence-electron chi connectivity index (χ0n) is 10.5. The molecular formula is C13H17NO4. The Hall–Kier alpha value is -1.59. The van der Waals surface area contributed by atoms with Crippen molar-refractivity contribution < 1.29 is 19.5 Å². The summed E-state index contributed by atoms with van der Waals surface area (Å²) in [7, 11) is 0. The molecule has 1 aromatic rings. The fraction of sp³-hybridized carbons (Fsp3) is 0.462. The van der Waals surface area contributed by atoms with E-state index in [4.69, 9.17) is 9.57 Å². The first-order valence-electron chi connectivity index (χ1n) is 5.89. The zero-order valence-corrected chi connectivity index (χ0v) is 10.5. The second-order valence-corrected chi connectivity index (χ2v) is 4.69. The van der Waals surface area contributed by atoms with Crippen molar-refractivity contribution in [2.75, 3.05) is 0 Å². The minimum absolute atomic E-state index is 0.189. The fourth-order valence-corrected chi connectivity index (χ4v) is 1.97. The number of rotatable bonds is 2. The van der Waals surface area contributed by atoms with E-state index in [9.17, 15) is 9.90 Å². The lowest BCUT2D eigenvalue weighted by molar-refractivity contribution is -0.260. The Morgan fingerprint density at radius 3 is 2.78 bits per heavy atom. The second-order valence-electron chi connectivity index (χ2n) is 4.69. The topological polar surface area (TPSA) is 59.0 Å². The van der Waals surface area contributed by atoms with E-state index in [0.717, 1.165) is 10.6 Å². The van der Waals surface area contributed by atoms with E-state index >= 15 is 0 Å². The molecular weight excluding hydrogens is 234 g/mol. The second kappa shape index (κ2) is 4.96. The highest BCUT2D eigenvalue weighted by molar-refractivity contribution is 5.67. The summed E-state index contributed by atoms with van der Waals surface area (Å²) in [6, 6.07) is 9.19. The lowest BCUT2D eigenvalue weighted by Crippen LogP contribution is -2.34. The normalized spacial score (nSPS) is 27.3. The van der Waals surface area contributed by atoms with Crippen LogP contribution in [0.2, 0.25) is 0 Å².